The largest absolute Gasteiger partial charge is 0.296 e. The van der Waals surface area contributed by atoms with Gasteiger partial charge in [0.2, 0.25) is 0 Å². The fourth-order valence-corrected chi connectivity index (χ4v) is 3.19. The first-order valence-corrected chi connectivity index (χ1v) is 8.62. The van der Waals surface area contributed by atoms with Gasteiger partial charge in [-0.3, -0.25) is 9.48 Å². The average molecular weight is 348 g/mol. The van der Waals surface area contributed by atoms with Gasteiger partial charge in [-0.25, -0.2) is 4.57 Å². The summed E-state index contributed by atoms with van der Waals surface area (Å²) in [5.74, 6) is 6.37. The van der Waals surface area contributed by atoms with E-state index >= 15 is 0 Å². The van der Waals surface area contributed by atoms with Crippen LogP contribution in [-0.2, 0) is 14.1 Å². The molecule has 0 bridgehead atoms. The zero-order valence-corrected chi connectivity index (χ0v) is 15.2. The van der Waals surface area contributed by atoms with Crippen molar-refractivity contribution < 1.29 is 9.36 Å². The van der Waals surface area contributed by atoms with Gasteiger partial charge in [-0.2, -0.15) is 5.10 Å². The van der Waals surface area contributed by atoms with Crippen molar-refractivity contribution in [2.75, 3.05) is 0 Å². The minimum absolute atomic E-state index is 0.585. The second kappa shape index (κ2) is 7.37. The van der Waals surface area contributed by atoms with Crippen LogP contribution in [0.15, 0.2) is 58.6 Å². The molecule has 3 aromatic rings. The fraction of sp³-hybridized carbons (Fsp3) is 0.150. The van der Waals surface area contributed by atoms with Crippen molar-refractivity contribution in [2.45, 2.75) is 16.7 Å². The van der Waals surface area contributed by atoms with E-state index in [0.717, 1.165) is 27.2 Å². The molecule has 0 atom stereocenters. The molecule has 4 nitrogen and oxygen atoms in total. The first kappa shape index (κ1) is 17.0. The van der Waals surface area contributed by atoms with Crippen LogP contribution in [0, 0.1) is 18.8 Å². The minimum Gasteiger partial charge on any atom is -0.296 e. The lowest BCUT2D eigenvalue weighted by Crippen LogP contribution is -2.30. The van der Waals surface area contributed by atoms with Gasteiger partial charge in [0.15, 0.2) is 18.2 Å². The summed E-state index contributed by atoms with van der Waals surface area (Å²) < 4.78 is 3.64. The summed E-state index contributed by atoms with van der Waals surface area (Å²) in [5, 5.41) is 4.12. The van der Waals surface area contributed by atoms with Crippen LogP contribution in [0.5, 0.6) is 0 Å². The molecule has 25 heavy (non-hydrogen) atoms. The number of carbonyl (C=O) groups excluding carboxylic acids is 1. The molecule has 0 amide bonds. The number of aromatic nitrogens is 3. The van der Waals surface area contributed by atoms with Crippen LogP contribution < -0.4 is 4.57 Å². The minimum atomic E-state index is 0.585. The lowest BCUT2D eigenvalue weighted by molar-refractivity contribution is -0.677. The van der Waals surface area contributed by atoms with Gasteiger partial charge >= 0.3 is 0 Å². The lowest BCUT2D eigenvalue weighted by atomic mass is 10.2. The summed E-state index contributed by atoms with van der Waals surface area (Å²) in [6.07, 6.45) is 4.55. The standard InChI is InChI=1S/C20H18N3OS/c1-15-12-17(10-11-22(15)2)5-4-16-6-8-18(9-7-16)25-20-13-21-23(3)19(20)14-24/h6-14H,1-3H3/q+1. The molecular formula is C20H18N3OS+. The smallest absolute Gasteiger partial charge is 0.179 e. The number of carbonyl (C=O) groups is 1. The van der Waals surface area contributed by atoms with E-state index in [9.17, 15) is 4.79 Å². The highest BCUT2D eigenvalue weighted by Gasteiger charge is 2.08. The summed E-state index contributed by atoms with van der Waals surface area (Å²) in [6, 6.07) is 12.1. The van der Waals surface area contributed by atoms with Crippen molar-refractivity contribution in [3.8, 4) is 11.8 Å². The van der Waals surface area contributed by atoms with Crippen LogP contribution in [0.3, 0.4) is 0 Å². The summed E-state index contributed by atoms with van der Waals surface area (Å²) in [6.45, 7) is 2.06. The molecule has 0 N–H and O–H groups in total. The van der Waals surface area contributed by atoms with Gasteiger partial charge in [0, 0.05) is 42.1 Å². The van der Waals surface area contributed by atoms with Crippen LogP contribution >= 0.6 is 11.8 Å². The molecule has 5 heteroatoms. The highest BCUT2D eigenvalue weighted by atomic mass is 32.2. The highest BCUT2D eigenvalue weighted by Crippen LogP contribution is 2.29. The zero-order valence-electron chi connectivity index (χ0n) is 14.4. The van der Waals surface area contributed by atoms with Gasteiger partial charge in [0.1, 0.15) is 12.7 Å². The maximum absolute atomic E-state index is 11.1. The Kier molecular flexibility index (Phi) is 5.01. The Morgan fingerprint density at radius 2 is 1.88 bits per heavy atom. The molecule has 2 aromatic heterocycles. The summed E-state index contributed by atoms with van der Waals surface area (Å²) >= 11 is 1.52. The van der Waals surface area contributed by atoms with E-state index < -0.39 is 0 Å². The van der Waals surface area contributed by atoms with E-state index in [1.54, 1.807) is 17.9 Å². The molecule has 2 heterocycles. The molecular weight excluding hydrogens is 330 g/mol. The molecule has 0 aliphatic heterocycles. The first-order chi connectivity index (χ1) is 12.1. The number of hydrogen-bond donors (Lipinski definition) is 0. The first-order valence-electron chi connectivity index (χ1n) is 7.80. The van der Waals surface area contributed by atoms with E-state index in [1.807, 2.05) is 43.6 Å². The Labute approximate surface area is 151 Å². The second-order valence-electron chi connectivity index (χ2n) is 5.68. The molecule has 1 aromatic carbocycles. The quantitative estimate of drug-likeness (QED) is 0.415. The van der Waals surface area contributed by atoms with Gasteiger partial charge < -0.3 is 0 Å². The van der Waals surface area contributed by atoms with Gasteiger partial charge in [0.05, 0.1) is 11.1 Å². The van der Waals surface area contributed by atoms with Crippen molar-refractivity contribution in [3.63, 3.8) is 0 Å². The number of rotatable bonds is 3. The van der Waals surface area contributed by atoms with E-state index in [1.165, 1.54) is 17.5 Å². The molecule has 0 aliphatic rings. The Bertz CT molecular complexity index is 978. The van der Waals surface area contributed by atoms with Crippen LogP contribution in [0.25, 0.3) is 0 Å². The van der Waals surface area contributed by atoms with Crippen molar-refractivity contribution in [1.82, 2.24) is 9.78 Å². The number of pyridine rings is 1. The highest BCUT2D eigenvalue weighted by molar-refractivity contribution is 7.99. The predicted octanol–water partition coefficient (Wildman–Crippen LogP) is 2.92. The topological polar surface area (TPSA) is 38.8 Å². The molecule has 0 aliphatic carbocycles. The number of hydrogen-bond acceptors (Lipinski definition) is 3. The molecule has 3 rings (SSSR count). The molecule has 124 valence electrons. The molecule has 0 fully saturated rings. The predicted molar refractivity (Wildman–Crippen MR) is 97.5 cm³/mol. The van der Waals surface area contributed by atoms with Crippen molar-refractivity contribution in [2.24, 2.45) is 14.1 Å². The Morgan fingerprint density at radius 3 is 2.56 bits per heavy atom. The number of nitrogens with zero attached hydrogens (tertiary/aromatic N) is 3. The van der Waals surface area contributed by atoms with Crippen LogP contribution in [0.4, 0.5) is 0 Å². The summed E-state index contributed by atoms with van der Waals surface area (Å²) in [7, 11) is 3.78. The molecule has 0 saturated carbocycles. The third-order valence-corrected chi connectivity index (χ3v) is 4.93. The average Bonchev–Trinajstić information content (AvgIpc) is 2.96. The summed E-state index contributed by atoms with van der Waals surface area (Å²) in [4.78, 5) is 13.0. The van der Waals surface area contributed by atoms with Gasteiger partial charge in [-0.15, -0.1) is 0 Å². The Hall–Kier alpha value is -2.84. The number of aldehydes is 1. The maximum atomic E-state index is 11.1. The molecule has 0 spiro atoms. The van der Waals surface area contributed by atoms with E-state index in [4.69, 9.17) is 0 Å². The van der Waals surface area contributed by atoms with Gasteiger partial charge in [-0.1, -0.05) is 23.6 Å². The fourth-order valence-electron chi connectivity index (χ4n) is 2.28. The van der Waals surface area contributed by atoms with E-state index in [2.05, 4.69) is 34.5 Å². The van der Waals surface area contributed by atoms with Crippen molar-refractivity contribution in [3.05, 3.63) is 71.3 Å². The maximum Gasteiger partial charge on any atom is 0.179 e. The lowest BCUT2D eigenvalue weighted by Gasteiger charge is -2.00. The zero-order chi connectivity index (χ0) is 17.8. The molecule has 0 radical (unpaired) electrons. The van der Waals surface area contributed by atoms with Gasteiger partial charge in [-0.05, 0) is 24.3 Å². The second-order valence-corrected chi connectivity index (χ2v) is 6.80. The van der Waals surface area contributed by atoms with Crippen molar-refractivity contribution in [1.29, 1.82) is 0 Å². The van der Waals surface area contributed by atoms with Crippen molar-refractivity contribution >= 4 is 18.0 Å². The Morgan fingerprint density at radius 1 is 1.16 bits per heavy atom. The SMILES string of the molecule is Cc1cc(C#Cc2ccc(Sc3cnn(C)c3C=O)cc2)cc[n+]1C. The molecule has 0 saturated heterocycles. The number of aryl methyl sites for hydroxylation is 3. The number of benzene rings is 1. The summed E-state index contributed by atoms with van der Waals surface area (Å²) in [5.41, 5.74) is 3.71. The van der Waals surface area contributed by atoms with E-state index in [-0.39, 0.29) is 0 Å². The normalized spacial score (nSPS) is 10.2. The van der Waals surface area contributed by atoms with Crippen LogP contribution in [0.1, 0.15) is 27.3 Å². The third-order valence-electron chi connectivity index (χ3n) is 3.89. The van der Waals surface area contributed by atoms with Gasteiger partial charge in [0.25, 0.3) is 0 Å². The van der Waals surface area contributed by atoms with Crippen LogP contribution in [0.2, 0.25) is 0 Å². The Balaban J connectivity index is 1.75. The third kappa shape index (κ3) is 3.98. The molecule has 0 unspecified atom stereocenters. The van der Waals surface area contributed by atoms with Crippen LogP contribution in [-0.4, -0.2) is 16.1 Å². The van der Waals surface area contributed by atoms with E-state index in [0.29, 0.717) is 5.69 Å². The monoisotopic (exact) mass is 348 g/mol.